The smallest absolute Gasteiger partial charge is 0.0715 e. The summed E-state index contributed by atoms with van der Waals surface area (Å²) in [7, 11) is 1.89. The lowest BCUT2D eigenvalue weighted by Crippen LogP contribution is -1.98. The molecule has 0 aliphatic rings. The fraction of sp³-hybridized carbons (Fsp3) is 0.571. The summed E-state index contributed by atoms with van der Waals surface area (Å²) in [6.07, 6.45) is 2.63. The Morgan fingerprint density at radius 2 is 2.40 bits per heavy atom. The summed E-state index contributed by atoms with van der Waals surface area (Å²) in [6.45, 7) is 2.15. The normalized spacial score (nSPS) is 10.3. The summed E-state index contributed by atoms with van der Waals surface area (Å²) in [6, 6.07) is 0. The van der Waals surface area contributed by atoms with Crippen molar-refractivity contribution in [3.05, 3.63) is 17.5 Å². The van der Waals surface area contributed by atoms with Crippen molar-refractivity contribution in [2.45, 2.75) is 20.0 Å². The highest BCUT2D eigenvalue weighted by molar-refractivity contribution is 5.15. The lowest BCUT2D eigenvalue weighted by molar-refractivity contribution is 0.280. The van der Waals surface area contributed by atoms with E-state index >= 15 is 0 Å². The van der Waals surface area contributed by atoms with Crippen molar-refractivity contribution in [3.8, 4) is 0 Å². The van der Waals surface area contributed by atoms with Gasteiger partial charge in [-0.3, -0.25) is 4.68 Å². The Balaban J connectivity index is 3.01. The molecule has 1 rings (SSSR count). The number of hydrogen-bond donors (Lipinski definition) is 1. The molecule has 0 radical (unpaired) electrons. The van der Waals surface area contributed by atoms with Gasteiger partial charge >= 0.3 is 0 Å². The first-order chi connectivity index (χ1) is 4.79. The van der Waals surface area contributed by atoms with Crippen LogP contribution in [0.15, 0.2) is 6.20 Å². The van der Waals surface area contributed by atoms with Gasteiger partial charge in [-0.15, -0.1) is 0 Å². The van der Waals surface area contributed by atoms with Gasteiger partial charge in [-0.05, 0) is 6.42 Å². The molecule has 1 aromatic heterocycles. The second-order valence-electron chi connectivity index (χ2n) is 2.25. The van der Waals surface area contributed by atoms with E-state index in [-0.39, 0.29) is 6.61 Å². The molecule has 0 aliphatic heterocycles. The SMILES string of the molecule is CCc1c(CO)cnn1C. The fourth-order valence-electron chi connectivity index (χ4n) is 1.10. The molecule has 10 heavy (non-hydrogen) atoms. The van der Waals surface area contributed by atoms with E-state index in [2.05, 4.69) is 12.0 Å². The highest BCUT2D eigenvalue weighted by Gasteiger charge is 2.03. The van der Waals surface area contributed by atoms with Gasteiger partial charge in [0.1, 0.15) is 0 Å². The maximum Gasteiger partial charge on any atom is 0.0715 e. The minimum absolute atomic E-state index is 0.0943. The van der Waals surface area contributed by atoms with Crippen molar-refractivity contribution in [2.75, 3.05) is 0 Å². The maximum atomic E-state index is 8.81. The summed E-state index contributed by atoms with van der Waals surface area (Å²) in [5, 5.41) is 12.8. The summed E-state index contributed by atoms with van der Waals surface area (Å²) in [4.78, 5) is 0. The fourth-order valence-corrected chi connectivity index (χ4v) is 1.10. The number of aliphatic hydroxyl groups excluding tert-OH is 1. The molecule has 0 spiro atoms. The predicted molar refractivity (Wildman–Crippen MR) is 38.5 cm³/mol. The Kier molecular flexibility index (Phi) is 2.06. The second kappa shape index (κ2) is 2.84. The van der Waals surface area contributed by atoms with Crippen molar-refractivity contribution in [1.82, 2.24) is 9.78 Å². The van der Waals surface area contributed by atoms with Crippen LogP contribution in [-0.2, 0) is 20.1 Å². The number of hydrogen-bond acceptors (Lipinski definition) is 2. The Morgan fingerprint density at radius 3 is 2.80 bits per heavy atom. The molecule has 0 saturated heterocycles. The summed E-state index contributed by atoms with van der Waals surface area (Å²) < 4.78 is 1.80. The molecule has 0 saturated carbocycles. The highest BCUT2D eigenvalue weighted by atomic mass is 16.3. The first kappa shape index (κ1) is 7.28. The monoisotopic (exact) mass is 140 g/mol. The van der Waals surface area contributed by atoms with E-state index < -0.39 is 0 Å². The van der Waals surface area contributed by atoms with E-state index in [1.54, 1.807) is 10.9 Å². The number of nitrogens with zero attached hydrogens (tertiary/aromatic N) is 2. The minimum atomic E-state index is 0.0943. The number of aryl methyl sites for hydroxylation is 1. The van der Waals surface area contributed by atoms with Crippen LogP contribution in [0.2, 0.25) is 0 Å². The Hall–Kier alpha value is -0.830. The molecule has 56 valence electrons. The molecule has 0 fully saturated rings. The molecule has 0 aromatic carbocycles. The summed E-state index contributed by atoms with van der Waals surface area (Å²) in [5.41, 5.74) is 2.05. The van der Waals surface area contributed by atoms with Crippen LogP contribution in [0.25, 0.3) is 0 Å². The molecule has 1 heterocycles. The largest absolute Gasteiger partial charge is 0.392 e. The van der Waals surface area contributed by atoms with E-state index in [0.717, 1.165) is 17.7 Å². The van der Waals surface area contributed by atoms with E-state index in [1.165, 1.54) is 0 Å². The van der Waals surface area contributed by atoms with Gasteiger partial charge in [-0.25, -0.2) is 0 Å². The van der Waals surface area contributed by atoms with Crippen LogP contribution in [0.1, 0.15) is 18.2 Å². The topological polar surface area (TPSA) is 38.1 Å². The zero-order valence-corrected chi connectivity index (χ0v) is 6.33. The van der Waals surface area contributed by atoms with Crippen molar-refractivity contribution in [1.29, 1.82) is 0 Å². The van der Waals surface area contributed by atoms with Gasteiger partial charge in [-0.1, -0.05) is 6.92 Å². The van der Waals surface area contributed by atoms with E-state index in [1.807, 2.05) is 7.05 Å². The zero-order valence-electron chi connectivity index (χ0n) is 6.33. The van der Waals surface area contributed by atoms with Gasteiger partial charge in [0.25, 0.3) is 0 Å². The lowest BCUT2D eigenvalue weighted by Gasteiger charge is -1.98. The van der Waals surface area contributed by atoms with Crippen molar-refractivity contribution >= 4 is 0 Å². The third kappa shape index (κ3) is 1.04. The lowest BCUT2D eigenvalue weighted by atomic mass is 10.2. The van der Waals surface area contributed by atoms with Crippen molar-refractivity contribution in [2.24, 2.45) is 7.05 Å². The average Bonchev–Trinajstić information content (AvgIpc) is 2.30. The van der Waals surface area contributed by atoms with Crippen LogP contribution in [0.5, 0.6) is 0 Å². The molecule has 1 N–H and O–H groups in total. The Bertz CT molecular complexity index is 217. The van der Waals surface area contributed by atoms with Gasteiger partial charge in [0.15, 0.2) is 0 Å². The Labute approximate surface area is 60.3 Å². The molecule has 0 unspecified atom stereocenters. The zero-order chi connectivity index (χ0) is 7.56. The third-order valence-corrected chi connectivity index (χ3v) is 1.65. The van der Waals surface area contributed by atoms with Gasteiger partial charge < -0.3 is 5.11 Å². The average molecular weight is 140 g/mol. The first-order valence-corrected chi connectivity index (χ1v) is 3.40. The van der Waals surface area contributed by atoms with E-state index in [0.29, 0.717) is 0 Å². The minimum Gasteiger partial charge on any atom is -0.392 e. The van der Waals surface area contributed by atoms with Crippen LogP contribution >= 0.6 is 0 Å². The molecule has 0 amide bonds. The molecular formula is C7H12N2O. The molecule has 1 aromatic rings. The van der Waals surface area contributed by atoms with Crippen LogP contribution in [0.4, 0.5) is 0 Å². The second-order valence-corrected chi connectivity index (χ2v) is 2.25. The molecule has 3 heteroatoms. The maximum absolute atomic E-state index is 8.81. The molecule has 0 bridgehead atoms. The van der Waals surface area contributed by atoms with Crippen LogP contribution in [0.3, 0.4) is 0 Å². The highest BCUT2D eigenvalue weighted by Crippen LogP contribution is 2.06. The molecule has 3 nitrogen and oxygen atoms in total. The third-order valence-electron chi connectivity index (χ3n) is 1.65. The molecule has 0 atom stereocenters. The Morgan fingerprint density at radius 1 is 1.70 bits per heavy atom. The number of aliphatic hydroxyl groups is 1. The van der Waals surface area contributed by atoms with Gasteiger partial charge in [0, 0.05) is 18.3 Å². The van der Waals surface area contributed by atoms with Crippen LogP contribution in [0, 0.1) is 0 Å². The first-order valence-electron chi connectivity index (χ1n) is 3.40. The number of rotatable bonds is 2. The van der Waals surface area contributed by atoms with Gasteiger partial charge in [0.05, 0.1) is 12.8 Å². The van der Waals surface area contributed by atoms with Gasteiger partial charge in [-0.2, -0.15) is 5.10 Å². The summed E-state index contributed by atoms with van der Waals surface area (Å²) >= 11 is 0. The van der Waals surface area contributed by atoms with Crippen molar-refractivity contribution in [3.63, 3.8) is 0 Å². The quantitative estimate of drug-likeness (QED) is 0.648. The summed E-state index contributed by atoms with van der Waals surface area (Å²) in [5.74, 6) is 0. The standard InChI is InChI=1S/C7H12N2O/c1-3-7-6(5-10)4-8-9(7)2/h4,10H,3,5H2,1-2H3. The number of aromatic nitrogens is 2. The predicted octanol–water partition coefficient (Wildman–Crippen LogP) is 0.475. The van der Waals surface area contributed by atoms with E-state index in [4.69, 9.17) is 5.11 Å². The molecular weight excluding hydrogens is 128 g/mol. The van der Waals surface area contributed by atoms with Crippen LogP contribution in [-0.4, -0.2) is 14.9 Å². The van der Waals surface area contributed by atoms with E-state index in [9.17, 15) is 0 Å². The van der Waals surface area contributed by atoms with Crippen molar-refractivity contribution < 1.29 is 5.11 Å². The van der Waals surface area contributed by atoms with Gasteiger partial charge in [0.2, 0.25) is 0 Å². The van der Waals surface area contributed by atoms with Crippen LogP contribution < -0.4 is 0 Å². The molecule has 0 aliphatic carbocycles.